The Bertz CT molecular complexity index is 444. The Morgan fingerprint density at radius 1 is 1.39 bits per heavy atom. The number of carbonyl (C=O) groups is 2. The fraction of sp³-hybridized carbons (Fsp3) is 0.385. The van der Waals surface area contributed by atoms with Crippen LogP contribution in [0.15, 0.2) is 18.2 Å². The van der Waals surface area contributed by atoms with Crippen LogP contribution < -0.4 is 11.1 Å². The number of benzene rings is 1. The molecule has 0 unspecified atom stereocenters. The van der Waals surface area contributed by atoms with Crippen molar-refractivity contribution >= 4 is 17.6 Å². The van der Waals surface area contributed by atoms with E-state index in [0.29, 0.717) is 24.4 Å². The van der Waals surface area contributed by atoms with Gasteiger partial charge in [0.15, 0.2) is 0 Å². The summed E-state index contributed by atoms with van der Waals surface area (Å²) in [6.45, 7) is 4.46. The van der Waals surface area contributed by atoms with Gasteiger partial charge in [-0.1, -0.05) is 6.07 Å². The fourth-order valence-corrected chi connectivity index (χ4v) is 1.55. The van der Waals surface area contributed by atoms with Crippen molar-refractivity contribution in [2.75, 3.05) is 18.5 Å². The number of rotatable bonds is 6. The first-order valence-electron chi connectivity index (χ1n) is 5.84. The molecule has 0 spiro atoms. The standard InChI is InChI=1S/C13H18N2O3/c1-3-18-12(16)6-7-15-11-8-9(2)4-5-10(11)13(14)17/h4-5,8,15H,3,6-7H2,1-2H3,(H2,14,17). The van der Waals surface area contributed by atoms with Crippen molar-refractivity contribution in [2.45, 2.75) is 20.3 Å². The normalized spacial score (nSPS) is 9.89. The van der Waals surface area contributed by atoms with Crippen LogP contribution in [0, 0.1) is 6.92 Å². The molecule has 0 aliphatic carbocycles. The van der Waals surface area contributed by atoms with Gasteiger partial charge in [-0.3, -0.25) is 9.59 Å². The highest BCUT2D eigenvalue weighted by atomic mass is 16.5. The molecule has 0 atom stereocenters. The maximum absolute atomic E-state index is 11.2. The van der Waals surface area contributed by atoms with Crippen LogP contribution >= 0.6 is 0 Å². The summed E-state index contributed by atoms with van der Waals surface area (Å²) in [4.78, 5) is 22.4. The van der Waals surface area contributed by atoms with E-state index in [4.69, 9.17) is 10.5 Å². The molecule has 5 nitrogen and oxygen atoms in total. The van der Waals surface area contributed by atoms with E-state index in [1.54, 1.807) is 13.0 Å². The van der Waals surface area contributed by atoms with Crippen molar-refractivity contribution in [1.29, 1.82) is 0 Å². The molecule has 0 saturated carbocycles. The number of ether oxygens (including phenoxy) is 1. The summed E-state index contributed by atoms with van der Waals surface area (Å²) >= 11 is 0. The summed E-state index contributed by atoms with van der Waals surface area (Å²) < 4.78 is 4.81. The molecular weight excluding hydrogens is 232 g/mol. The van der Waals surface area contributed by atoms with Crippen molar-refractivity contribution in [2.24, 2.45) is 5.73 Å². The zero-order valence-corrected chi connectivity index (χ0v) is 10.7. The quantitative estimate of drug-likeness (QED) is 0.749. The smallest absolute Gasteiger partial charge is 0.307 e. The second kappa shape index (κ2) is 6.64. The minimum Gasteiger partial charge on any atom is -0.466 e. The van der Waals surface area contributed by atoms with Crippen LogP contribution in [0.2, 0.25) is 0 Å². The number of anilines is 1. The van der Waals surface area contributed by atoms with Gasteiger partial charge >= 0.3 is 5.97 Å². The summed E-state index contributed by atoms with van der Waals surface area (Å²) in [5, 5.41) is 3.02. The molecule has 1 amide bonds. The molecule has 0 fully saturated rings. The van der Waals surface area contributed by atoms with Crippen molar-refractivity contribution in [3.8, 4) is 0 Å². The first-order chi connectivity index (χ1) is 8.54. The van der Waals surface area contributed by atoms with Crippen LogP contribution in [0.4, 0.5) is 5.69 Å². The number of carbonyl (C=O) groups excluding carboxylic acids is 2. The lowest BCUT2D eigenvalue weighted by Gasteiger charge is -2.10. The van der Waals surface area contributed by atoms with Gasteiger partial charge in [0.2, 0.25) is 0 Å². The van der Waals surface area contributed by atoms with Crippen molar-refractivity contribution in [3.63, 3.8) is 0 Å². The molecule has 0 heterocycles. The van der Waals surface area contributed by atoms with E-state index >= 15 is 0 Å². The molecule has 0 radical (unpaired) electrons. The lowest BCUT2D eigenvalue weighted by Crippen LogP contribution is -2.16. The summed E-state index contributed by atoms with van der Waals surface area (Å²) in [5.74, 6) is -0.757. The van der Waals surface area contributed by atoms with E-state index < -0.39 is 5.91 Å². The van der Waals surface area contributed by atoms with Crippen molar-refractivity contribution < 1.29 is 14.3 Å². The number of nitrogens with two attached hydrogens (primary N) is 1. The van der Waals surface area contributed by atoms with Crippen LogP contribution in [0.5, 0.6) is 0 Å². The summed E-state index contributed by atoms with van der Waals surface area (Å²) in [6, 6.07) is 5.31. The SMILES string of the molecule is CCOC(=O)CCNc1cc(C)ccc1C(N)=O. The maximum Gasteiger partial charge on any atom is 0.307 e. The Morgan fingerprint density at radius 2 is 2.11 bits per heavy atom. The van der Waals surface area contributed by atoms with Crippen LogP contribution in [0.25, 0.3) is 0 Å². The lowest BCUT2D eigenvalue weighted by atomic mass is 10.1. The van der Waals surface area contributed by atoms with E-state index in [0.717, 1.165) is 5.56 Å². The van der Waals surface area contributed by atoms with Crippen LogP contribution in [-0.2, 0) is 9.53 Å². The zero-order valence-electron chi connectivity index (χ0n) is 10.7. The van der Waals surface area contributed by atoms with Crippen LogP contribution in [0.3, 0.4) is 0 Å². The molecule has 0 saturated heterocycles. The first-order valence-corrected chi connectivity index (χ1v) is 5.84. The Labute approximate surface area is 106 Å². The second-order valence-electron chi connectivity index (χ2n) is 3.90. The molecule has 18 heavy (non-hydrogen) atoms. The molecule has 0 bridgehead atoms. The Morgan fingerprint density at radius 3 is 2.72 bits per heavy atom. The number of primary amides is 1. The van der Waals surface area contributed by atoms with Crippen molar-refractivity contribution in [1.82, 2.24) is 0 Å². The second-order valence-corrected chi connectivity index (χ2v) is 3.90. The van der Waals surface area contributed by atoms with E-state index in [2.05, 4.69) is 5.32 Å². The highest BCUT2D eigenvalue weighted by molar-refractivity contribution is 5.98. The molecule has 0 aliphatic rings. The molecule has 3 N–H and O–H groups in total. The van der Waals surface area contributed by atoms with Gasteiger partial charge in [-0.25, -0.2) is 0 Å². The third kappa shape index (κ3) is 4.08. The fourth-order valence-electron chi connectivity index (χ4n) is 1.55. The number of nitrogens with one attached hydrogen (secondary N) is 1. The van der Waals surface area contributed by atoms with E-state index in [1.807, 2.05) is 19.1 Å². The van der Waals surface area contributed by atoms with Gasteiger partial charge < -0.3 is 15.8 Å². The minimum absolute atomic E-state index is 0.250. The maximum atomic E-state index is 11.2. The molecular formula is C13H18N2O3. The number of hydrogen-bond donors (Lipinski definition) is 2. The predicted molar refractivity (Wildman–Crippen MR) is 69.4 cm³/mol. The Kier molecular flexibility index (Phi) is 5.17. The molecule has 5 heteroatoms. The highest BCUT2D eigenvalue weighted by Crippen LogP contribution is 2.17. The monoisotopic (exact) mass is 250 g/mol. The highest BCUT2D eigenvalue weighted by Gasteiger charge is 2.08. The molecule has 1 aromatic carbocycles. The van der Waals surface area contributed by atoms with Gasteiger partial charge in [0.25, 0.3) is 5.91 Å². The lowest BCUT2D eigenvalue weighted by molar-refractivity contribution is -0.142. The van der Waals surface area contributed by atoms with Crippen molar-refractivity contribution in [3.05, 3.63) is 29.3 Å². The van der Waals surface area contributed by atoms with Gasteiger partial charge in [-0.05, 0) is 31.5 Å². The zero-order chi connectivity index (χ0) is 13.5. The number of aryl methyl sites for hydroxylation is 1. The Hall–Kier alpha value is -2.04. The van der Waals surface area contributed by atoms with E-state index in [1.165, 1.54) is 0 Å². The topological polar surface area (TPSA) is 81.4 Å². The largest absolute Gasteiger partial charge is 0.466 e. The van der Waals surface area contributed by atoms with Gasteiger partial charge in [0.05, 0.1) is 18.6 Å². The summed E-state index contributed by atoms with van der Waals surface area (Å²) in [7, 11) is 0. The summed E-state index contributed by atoms with van der Waals surface area (Å²) in [5.41, 5.74) is 7.35. The van der Waals surface area contributed by atoms with E-state index in [-0.39, 0.29) is 12.4 Å². The average molecular weight is 250 g/mol. The third-order valence-electron chi connectivity index (χ3n) is 2.39. The molecule has 98 valence electrons. The predicted octanol–water partition coefficient (Wildman–Crippen LogP) is 1.46. The molecule has 1 aromatic rings. The number of amides is 1. The van der Waals surface area contributed by atoms with E-state index in [9.17, 15) is 9.59 Å². The number of hydrogen-bond acceptors (Lipinski definition) is 4. The Balaban J connectivity index is 2.63. The number of esters is 1. The van der Waals surface area contributed by atoms with Crippen LogP contribution in [-0.4, -0.2) is 25.0 Å². The van der Waals surface area contributed by atoms with Gasteiger partial charge in [-0.2, -0.15) is 0 Å². The first kappa shape index (κ1) is 14.0. The van der Waals surface area contributed by atoms with Gasteiger partial charge in [0.1, 0.15) is 0 Å². The third-order valence-corrected chi connectivity index (χ3v) is 2.39. The molecule has 0 aromatic heterocycles. The van der Waals surface area contributed by atoms with Gasteiger partial charge in [0, 0.05) is 12.2 Å². The molecule has 0 aliphatic heterocycles. The van der Waals surface area contributed by atoms with Crippen LogP contribution in [0.1, 0.15) is 29.3 Å². The summed E-state index contributed by atoms with van der Waals surface area (Å²) in [6.07, 6.45) is 0.250. The van der Waals surface area contributed by atoms with Gasteiger partial charge in [-0.15, -0.1) is 0 Å². The molecule has 1 rings (SSSR count). The average Bonchev–Trinajstić information content (AvgIpc) is 2.29. The minimum atomic E-state index is -0.492.